The SMILES string of the molecule is CC1=CCN(C)C(Cl)=C1CCc1nc(C)cc(=O)[nH]1. The molecule has 1 aromatic rings. The highest BCUT2D eigenvalue weighted by atomic mass is 35.5. The fourth-order valence-corrected chi connectivity index (χ4v) is 2.49. The summed E-state index contributed by atoms with van der Waals surface area (Å²) < 4.78 is 0. The van der Waals surface area contributed by atoms with E-state index in [9.17, 15) is 4.79 Å². The Hall–Kier alpha value is -1.55. The molecule has 0 fully saturated rings. The van der Waals surface area contributed by atoms with E-state index in [4.69, 9.17) is 11.6 Å². The molecule has 0 aliphatic carbocycles. The maximum absolute atomic E-state index is 11.4. The van der Waals surface area contributed by atoms with Crippen LogP contribution in [0.2, 0.25) is 0 Å². The number of halogens is 1. The number of aromatic nitrogens is 2. The molecular formula is C14H18ClN3O. The third-order valence-corrected chi connectivity index (χ3v) is 3.78. The highest BCUT2D eigenvalue weighted by Gasteiger charge is 2.15. The van der Waals surface area contributed by atoms with E-state index in [1.165, 1.54) is 11.6 Å². The van der Waals surface area contributed by atoms with Crippen LogP contribution in [0.15, 0.2) is 33.2 Å². The minimum Gasteiger partial charge on any atom is -0.361 e. The molecule has 0 radical (unpaired) electrons. The van der Waals surface area contributed by atoms with Crippen LogP contribution in [-0.4, -0.2) is 28.5 Å². The minimum atomic E-state index is -0.101. The third-order valence-electron chi connectivity index (χ3n) is 3.26. The van der Waals surface area contributed by atoms with Crippen LogP contribution in [0.4, 0.5) is 0 Å². The number of rotatable bonds is 3. The number of hydrogen-bond donors (Lipinski definition) is 1. The van der Waals surface area contributed by atoms with Gasteiger partial charge in [-0.3, -0.25) is 4.79 Å². The summed E-state index contributed by atoms with van der Waals surface area (Å²) in [4.78, 5) is 20.5. The molecule has 0 bridgehead atoms. The topological polar surface area (TPSA) is 49.0 Å². The average Bonchev–Trinajstić information content (AvgIpc) is 2.33. The fourth-order valence-electron chi connectivity index (χ4n) is 2.17. The Bertz CT molecular complexity index is 601. The van der Waals surface area contributed by atoms with Crippen molar-refractivity contribution in [2.75, 3.05) is 13.6 Å². The van der Waals surface area contributed by atoms with E-state index in [1.807, 2.05) is 18.9 Å². The summed E-state index contributed by atoms with van der Waals surface area (Å²) in [6, 6.07) is 1.50. The van der Waals surface area contributed by atoms with E-state index in [2.05, 4.69) is 23.0 Å². The molecule has 0 atom stereocenters. The number of H-pyrrole nitrogens is 1. The van der Waals surface area contributed by atoms with Gasteiger partial charge in [0.2, 0.25) is 0 Å². The van der Waals surface area contributed by atoms with Crippen molar-refractivity contribution in [3.05, 3.63) is 50.3 Å². The van der Waals surface area contributed by atoms with Gasteiger partial charge in [0.1, 0.15) is 11.0 Å². The zero-order valence-electron chi connectivity index (χ0n) is 11.5. The molecule has 4 nitrogen and oxygen atoms in total. The standard InChI is InChI=1S/C14H18ClN3O/c1-9-6-7-18(3)14(15)11(9)4-5-12-16-10(2)8-13(19)17-12/h6,8H,4-5,7H2,1-3H3,(H,16,17,19). The molecule has 1 aliphatic rings. The Morgan fingerprint density at radius 1 is 1.42 bits per heavy atom. The summed E-state index contributed by atoms with van der Waals surface area (Å²) in [5.74, 6) is 0.711. The van der Waals surface area contributed by atoms with Gasteiger partial charge in [0.15, 0.2) is 0 Å². The number of allylic oxidation sites excluding steroid dienone is 2. The Morgan fingerprint density at radius 3 is 2.84 bits per heavy atom. The molecular weight excluding hydrogens is 262 g/mol. The summed E-state index contributed by atoms with van der Waals surface area (Å²) in [5.41, 5.74) is 2.97. The molecule has 1 aromatic heterocycles. The fraction of sp³-hybridized carbons (Fsp3) is 0.429. The molecule has 1 aliphatic heterocycles. The molecule has 0 unspecified atom stereocenters. The number of aryl methyl sites for hydroxylation is 2. The largest absolute Gasteiger partial charge is 0.361 e. The van der Waals surface area contributed by atoms with Crippen LogP contribution >= 0.6 is 11.6 Å². The highest BCUT2D eigenvalue weighted by molar-refractivity contribution is 6.29. The summed E-state index contributed by atoms with van der Waals surface area (Å²) in [7, 11) is 1.97. The lowest BCUT2D eigenvalue weighted by atomic mass is 10.0. The Morgan fingerprint density at radius 2 is 2.16 bits per heavy atom. The monoisotopic (exact) mass is 279 g/mol. The van der Waals surface area contributed by atoms with Crippen molar-refractivity contribution >= 4 is 11.6 Å². The summed E-state index contributed by atoms with van der Waals surface area (Å²) in [5, 5.41) is 0.787. The molecule has 5 heteroatoms. The molecule has 0 amide bonds. The number of nitrogens with zero attached hydrogens (tertiary/aromatic N) is 2. The van der Waals surface area contributed by atoms with Gasteiger partial charge in [0.05, 0.1) is 0 Å². The third kappa shape index (κ3) is 3.26. The molecule has 2 rings (SSSR count). The summed E-state index contributed by atoms with van der Waals surface area (Å²) in [6.07, 6.45) is 3.62. The Labute approximate surface area is 117 Å². The average molecular weight is 280 g/mol. The van der Waals surface area contributed by atoms with Crippen LogP contribution in [0.1, 0.15) is 24.9 Å². The normalized spacial score (nSPS) is 15.8. The second-order valence-electron chi connectivity index (χ2n) is 4.87. The lowest BCUT2D eigenvalue weighted by Crippen LogP contribution is -2.21. The van der Waals surface area contributed by atoms with E-state index in [0.717, 1.165) is 29.4 Å². The predicted octanol–water partition coefficient (Wildman–Crippen LogP) is 2.35. The number of nitrogens with one attached hydrogen (secondary N) is 1. The quantitative estimate of drug-likeness (QED) is 0.864. The van der Waals surface area contributed by atoms with Crippen LogP contribution < -0.4 is 5.56 Å². The lowest BCUT2D eigenvalue weighted by molar-refractivity contribution is 0.478. The van der Waals surface area contributed by atoms with Crippen molar-refractivity contribution in [1.82, 2.24) is 14.9 Å². The van der Waals surface area contributed by atoms with Gasteiger partial charge in [-0.15, -0.1) is 0 Å². The predicted molar refractivity (Wildman–Crippen MR) is 77.2 cm³/mol. The van der Waals surface area contributed by atoms with Crippen LogP contribution in [0.5, 0.6) is 0 Å². The first kappa shape index (κ1) is 13.9. The zero-order chi connectivity index (χ0) is 14.0. The van der Waals surface area contributed by atoms with Gasteiger partial charge in [-0.25, -0.2) is 4.98 Å². The Kier molecular flexibility index (Phi) is 4.10. The molecule has 0 saturated heterocycles. The molecule has 102 valence electrons. The van der Waals surface area contributed by atoms with Crippen LogP contribution in [-0.2, 0) is 6.42 Å². The van der Waals surface area contributed by atoms with Crippen LogP contribution in [0.3, 0.4) is 0 Å². The second kappa shape index (κ2) is 5.61. The van der Waals surface area contributed by atoms with Gasteiger partial charge in [-0.1, -0.05) is 17.7 Å². The van der Waals surface area contributed by atoms with Gasteiger partial charge in [0.25, 0.3) is 5.56 Å². The van der Waals surface area contributed by atoms with Crippen molar-refractivity contribution in [3.63, 3.8) is 0 Å². The van der Waals surface area contributed by atoms with Gasteiger partial charge < -0.3 is 9.88 Å². The lowest BCUT2D eigenvalue weighted by Gasteiger charge is -2.25. The highest BCUT2D eigenvalue weighted by Crippen LogP contribution is 2.27. The molecule has 0 saturated carbocycles. The number of likely N-dealkylation sites (N-methyl/N-ethyl adjacent to an activating group) is 1. The first-order chi connectivity index (χ1) is 8.97. The van der Waals surface area contributed by atoms with Crippen molar-refractivity contribution in [2.24, 2.45) is 0 Å². The summed E-state index contributed by atoms with van der Waals surface area (Å²) in [6.45, 7) is 4.73. The maximum Gasteiger partial charge on any atom is 0.251 e. The van der Waals surface area contributed by atoms with Crippen molar-refractivity contribution in [1.29, 1.82) is 0 Å². The minimum absolute atomic E-state index is 0.101. The van der Waals surface area contributed by atoms with Gasteiger partial charge >= 0.3 is 0 Å². The number of hydrogen-bond acceptors (Lipinski definition) is 3. The van der Waals surface area contributed by atoms with E-state index in [0.29, 0.717) is 12.2 Å². The summed E-state index contributed by atoms with van der Waals surface area (Å²) >= 11 is 6.33. The Balaban J connectivity index is 2.16. The van der Waals surface area contributed by atoms with Crippen molar-refractivity contribution in [3.8, 4) is 0 Å². The van der Waals surface area contributed by atoms with E-state index in [-0.39, 0.29) is 5.56 Å². The van der Waals surface area contributed by atoms with Crippen molar-refractivity contribution in [2.45, 2.75) is 26.7 Å². The van der Waals surface area contributed by atoms with Crippen LogP contribution in [0.25, 0.3) is 0 Å². The second-order valence-corrected chi connectivity index (χ2v) is 5.23. The number of aromatic amines is 1. The molecule has 0 spiro atoms. The van der Waals surface area contributed by atoms with E-state index in [1.54, 1.807) is 0 Å². The maximum atomic E-state index is 11.4. The van der Waals surface area contributed by atoms with Gasteiger partial charge in [0, 0.05) is 31.8 Å². The van der Waals surface area contributed by atoms with Gasteiger partial charge in [-0.2, -0.15) is 0 Å². The van der Waals surface area contributed by atoms with E-state index < -0.39 is 0 Å². The van der Waals surface area contributed by atoms with Crippen LogP contribution in [0, 0.1) is 6.92 Å². The smallest absolute Gasteiger partial charge is 0.251 e. The first-order valence-corrected chi connectivity index (χ1v) is 6.69. The zero-order valence-corrected chi connectivity index (χ0v) is 12.2. The van der Waals surface area contributed by atoms with Crippen molar-refractivity contribution < 1.29 is 0 Å². The van der Waals surface area contributed by atoms with Gasteiger partial charge in [-0.05, 0) is 31.4 Å². The molecule has 1 N–H and O–H groups in total. The molecule has 0 aromatic carbocycles. The van der Waals surface area contributed by atoms with E-state index >= 15 is 0 Å². The molecule has 19 heavy (non-hydrogen) atoms. The first-order valence-electron chi connectivity index (χ1n) is 6.31. The molecule has 2 heterocycles.